The molecule has 0 spiro atoms. The van der Waals surface area contributed by atoms with Gasteiger partial charge in [-0.3, -0.25) is 5.43 Å². The lowest BCUT2D eigenvalue weighted by atomic mass is 9.86. The van der Waals surface area contributed by atoms with Crippen LogP contribution in [-0.4, -0.2) is 37.6 Å². The van der Waals surface area contributed by atoms with Gasteiger partial charge in [0.2, 0.25) is 10.0 Å². The largest absolute Gasteiger partial charge is 0.254 e. The predicted molar refractivity (Wildman–Crippen MR) is 83.0 cm³/mol. The van der Waals surface area contributed by atoms with E-state index in [2.05, 4.69) is 23.0 Å². The van der Waals surface area contributed by atoms with Gasteiger partial charge in [0.1, 0.15) is 0 Å². The molecule has 2 aliphatic rings. The molecule has 3 atom stereocenters. The second-order valence-corrected chi connectivity index (χ2v) is 8.00. The fraction of sp³-hybridized carbons (Fsp3) is 0.600. The molecule has 21 heavy (non-hydrogen) atoms. The van der Waals surface area contributed by atoms with E-state index in [0.29, 0.717) is 25.6 Å². The number of rotatable bonds is 4. The van der Waals surface area contributed by atoms with E-state index in [1.165, 1.54) is 5.56 Å². The molecule has 0 radical (unpaired) electrons. The Hall–Kier alpha value is -0.950. The molecular formula is C15H23N3O2S. The fourth-order valence-electron chi connectivity index (χ4n) is 3.40. The summed E-state index contributed by atoms with van der Waals surface area (Å²) in [6.45, 7) is 3.14. The minimum Gasteiger partial charge on any atom is -0.254 e. The first-order valence-corrected chi connectivity index (χ1v) is 9.26. The summed E-state index contributed by atoms with van der Waals surface area (Å²) in [6, 6.07) is 10.8. The number of nitrogens with one attached hydrogen (secondary N) is 2. The summed E-state index contributed by atoms with van der Waals surface area (Å²) in [5.74, 6) is 0.536. The third-order valence-electron chi connectivity index (χ3n) is 4.49. The summed E-state index contributed by atoms with van der Waals surface area (Å²) < 4.78 is 26.3. The molecule has 0 aromatic heterocycles. The molecule has 2 saturated heterocycles. The lowest BCUT2D eigenvalue weighted by Crippen LogP contribution is -2.48. The molecule has 2 N–H and O–H groups in total. The Morgan fingerprint density at radius 3 is 2.71 bits per heavy atom. The maximum absolute atomic E-state index is 12.3. The van der Waals surface area contributed by atoms with Gasteiger partial charge in [0.15, 0.2) is 0 Å². The van der Waals surface area contributed by atoms with Gasteiger partial charge in [0, 0.05) is 25.0 Å². The summed E-state index contributed by atoms with van der Waals surface area (Å²) in [5, 5.41) is 0. The topological polar surface area (TPSA) is 61.4 Å². The molecule has 116 valence electrons. The Bertz CT molecular complexity index is 576. The van der Waals surface area contributed by atoms with Crippen molar-refractivity contribution in [3.05, 3.63) is 35.9 Å². The molecule has 0 saturated carbocycles. The zero-order chi connectivity index (χ0) is 14.9. The molecule has 2 aliphatic heterocycles. The number of sulfonamides is 1. The van der Waals surface area contributed by atoms with E-state index < -0.39 is 10.0 Å². The second kappa shape index (κ2) is 6.04. The van der Waals surface area contributed by atoms with E-state index in [9.17, 15) is 8.42 Å². The van der Waals surface area contributed by atoms with Gasteiger partial charge in [-0.05, 0) is 18.4 Å². The quantitative estimate of drug-likeness (QED) is 0.879. The van der Waals surface area contributed by atoms with E-state index in [4.69, 9.17) is 0 Å². The van der Waals surface area contributed by atoms with Gasteiger partial charge in [0.05, 0.1) is 11.8 Å². The lowest BCUT2D eigenvalue weighted by Gasteiger charge is -2.35. The Kier molecular flexibility index (Phi) is 4.31. The van der Waals surface area contributed by atoms with Crippen molar-refractivity contribution >= 4 is 10.0 Å². The molecule has 1 aromatic carbocycles. The Balaban J connectivity index is 1.78. The number of benzene rings is 1. The van der Waals surface area contributed by atoms with Crippen molar-refractivity contribution in [3.63, 3.8) is 0 Å². The highest BCUT2D eigenvalue weighted by molar-refractivity contribution is 7.89. The molecular weight excluding hydrogens is 286 g/mol. The van der Waals surface area contributed by atoms with Gasteiger partial charge in [-0.2, -0.15) is 0 Å². The Labute approximate surface area is 126 Å². The number of fused-ring (bicyclic) bond motifs is 1. The number of hydrogen-bond donors (Lipinski definition) is 2. The average Bonchev–Trinajstić information content (AvgIpc) is 2.91. The van der Waals surface area contributed by atoms with Crippen LogP contribution in [0.1, 0.15) is 31.4 Å². The first-order valence-electron chi connectivity index (χ1n) is 7.65. The average molecular weight is 309 g/mol. The van der Waals surface area contributed by atoms with Crippen molar-refractivity contribution in [3.8, 4) is 0 Å². The number of nitrogens with zero attached hydrogens (tertiary/aromatic N) is 1. The van der Waals surface area contributed by atoms with Gasteiger partial charge < -0.3 is 0 Å². The van der Waals surface area contributed by atoms with E-state index >= 15 is 0 Å². The van der Waals surface area contributed by atoms with Crippen LogP contribution in [0.25, 0.3) is 0 Å². The van der Waals surface area contributed by atoms with Crippen LogP contribution in [0, 0.1) is 5.92 Å². The number of hydrazine groups is 1. The van der Waals surface area contributed by atoms with E-state index in [-0.39, 0.29) is 17.7 Å². The van der Waals surface area contributed by atoms with Crippen LogP contribution in [0.2, 0.25) is 0 Å². The highest BCUT2D eigenvalue weighted by Gasteiger charge is 2.42. The maximum Gasteiger partial charge on any atom is 0.214 e. The van der Waals surface area contributed by atoms with E-state index in [0.717, 1.165) is 6.42 Å². The number of hydrogen-bond acceptors (Lipinski definition) is 4. The van der Waals surface area contributed by atoms with Gasteiger partial charge in [-0.15, -0.1) is 0 Å². The van der Waals surface area contributed by atoms with Gasteiger partial charge in [-0.25, -0.2) is 18.1 Å². The van der Waals surface area contributed by atoms with Crippen LogP contribution >= 0.6 is 0 Å². The van der Waals surface area contributed by atoms with Gasteiger partial charge in [0.25, 0.3) is 0 Å². The molecule has 1 aromatic rings. The van der Waals surface area contributed by atoms with E-state index in [1.807, 2.05) is 25.1 Å². The fourth-order valence-corrected chi connectivity index (χ4v) is 4.96. The zero-order valence-corrected chi connectivity index (χ0v) is 13.1. The second-order valence-electron chi connectivity index (χ2n) is 5.91. The minimum atomic E-state index is -3.10. The molecule has 2 heterocycles. The Morgan fingerprint density at radius 2 is 2.00 bits per heavy atom. The molecule has 5 nitrogen and oxygen atoms in total. The smallest absolute Gasteiger partial charge is 0.214 e. The van der Waals surface area contributed by atoms with Crippen LogP contribution in [0.3, 0.4) is 0 Å². The SMILES string of the molecule is CCCS(=O)(=O)N1CCC2NNC(c3ccccc3)C2C1. The van der Waals surface area contributed by atoms with Crippen molar-refractivity contribution in [2.45, 2.75) is 31.8 Å². The maximum atomic E-state index is 12.3. The third-order valence-corrected chi connectivity index (χ3v) is 6.53. The molecule has 0 aliphatic carbocycles. The minimum absolute atomic E-state index is 0.177. The zero-order valence-electron chi connectivity index (χ0n) is 12.3. The third kappa shape index (κ3) is 2.99. The first-order chi connectivity index (χ1) is 10.1. The van der Waals surface area contributed by atoms with Crippen molar-refractivity contribution in [2.24, 2.45) is 5.92 Å². The monoisotopic (exact) mass is 309 g/mol. The van der Waals surface area contributed by atoms with Crippen LogP contribution < -0.4 is 10.9 Å². The van der Waals surface area contributed by atoms with E-state index in [1.54, 1.807) is 4.31 Å². The van der Waals surface area contributed by atoms with Crippen LogP contribution in [0.5, 0.6) is 0 Å². The predicted octanol–water partition coefficient (Wildman–Crippen LogP) is 1.27. The molecule has 0 amide bonds. The normalized spacial score (nSPS) is 30.2. The van der Waals surface area contributed by atoms with Crippen molar-refractivity contribution in [1.29, 1.82) is 0 Å². The van der Waals surface area contributed by atoms with Crippen LogP contribution in [0.15, 0.2) is 30.3 Å². The summed E-state index contributed by atoms with van der Waals surface area (Å²) >= 11 is 0. The number of piperidine rings is 1. The Morgan fingerprint density at radius 1 is 1.24 bits per heavy atom. The molecule has 0 bridgehead atoms. The molecule has 3 unspecified atom stereocenters. The van der Waals surface area contributed by atoms with Crippen molar-refractivity contribution in [2.75, 3.05) is 18.8 Å². The van der Waals surface area contributed by atoms with Gasteiger partial charge >= 0.3 is 0 Å². The van der Waals surface area contributed by atoms with Crippen LogP contribution in [0.4, 0.5) is 0 Å². The van der Waals surface area contributed by atoms with Crippen LogP contribution in [-0.2, 0) is 10.0 Å². The standard InChI is InChI=1S/C15H23N3O2S/c1-2-10-21(19,20)18-9-8-14-13(11-18)15(17-16-14)12-6-4-3-5-7-12/h3-7,13-17H,2,8-11H2,1H3. The van der Waals surface area contributed by atoms with Gasteiger partial charge in [-0.1, -0.05) is 37.3 Å². The van der Waals surface area contributed by atoms with Crippen molar-refractivity contribution < 1.29 is 8.42 Å². The molecule has 6 heteroatoms. The summed E-state index contributed by atoms with van der Waals surface area (Å²) in [4.78, 5) is 0. The molecule has 3 rings (SSSR count). The summed E-state index contributed by atoms with van der Waals surface area (Å²) in [5.41, 5.74) is 7.90. The molecule has 2 fully saturated rings. The van der Waals surface area contributed by atoms with Crippen molar-refractivity contribution in [1.82, 2.24) is 15.2 Å². The lowest BCUT2D eigenvalue weighted by molar-refractivity contribution is 0.235. The first kappa shape index (κ1) is 15.0. The summed E-state index contributed by atoms with van der Waals surface area (Å²) in [7, 11) is -3.10. The highest BCUT2D eigenvalue weighted by Crippen LogP contribution is 2.34. The highest BCUT2D eigenvalue weighted by atomic mass is 32.2. The summed E-state index contributed by atoms with van der Waals surface area (Å²) in [6.07, 6.45) is 1.54.